The van der Waals surface area contributed by atoms with Gasteiger partial charge in [0, 0.05) is 18.2 Å². The van der Waals surface area contributed by atoms with E-state index in [2.05, 4.69) is 39.3 Å². The second-order valence-electron chi connectivity index (χ2n) is 7.80. The Hall–Kier alpha value is -2.84. The monoisotopic (exact) mass is 468 g/mol. The summed E-state index contributed by atoms with van der Waals surface area (Å²) in [5.74, 6) is 0.714. The lowest BCUT2D eigenvalue weighted by atomic mass is 9.89. The highest BCUT2D eigenvalue weighted by molar-refractivity contribution is 7.99. The summed E-state index contributed by atoms with van der Waals surface area (Å²) in [6, 6.07) is 20.4. The number of thioether (sulfide) groups is 1. The molecule has 3 amide bonds. The van der Waals surface area contributed by atoms with Gasteiger partial charge in [-0.2, -0.15) is 4.37 Å². The molecule has 0 atom stereocenters. The summed E-state index contributed by atoms with van der Waals surface area (Å²) in [7, 11) is 0. The van der Waals surface area contributed by atoms with E-state index in [4.69, 9.17) is 5.73 Å². The van der Waals surface area contributed by atoms with E-state index in [1.165, 1.54) is 22.9 Å². The number of anilines is 1. The molecule has 8 heteroatoms. The Morgan fingerprint density at radius 3 is 2.16 bits per heavy atom. The average Bonchev–Trinajstić information content (AvgIpc) is 3.19. The molecule has 168 valence electrons. The van der Waals surface area contributed by atoms with Gasteiger partial charge in [-0.3, -0.25) is 10.1 Å². The zero-order valence-electron chi connectivity index (χ0n) is 18.2. The average molecular weight is 469 g/mol. The normalized spacial score (nSPS) is 11.0. The summed E-state index contributed by atoms with van der Waals surface area (Å²) < 4.78 is 4.39. The van der Waals surface area contributed by atoms with Gasteiger partial charge in [0.2, 0.25) is 0 Å². The van der Waals surface area contributed by atoms with Crippen LogP contribution in [0.1, 0.15) is 47.7 Å². The van der Waals surface area contributed by atoms with E-state index in [0.717, 1.165) is 23.7 Å². The number of carbonyl (C=O) groups excluding carboxylic acids is 2. The van der Waals surface area contributed by atoms with Gasteiger partial charge in [0.05, 0.1) is 0 Å². The van der Waals surface area contributed by atoms with E-state index in [9.17, 15) is 9.59 Å². The molecule has 0 fully saturated rings. The fraction of sp³-hybridized carbons (Fsp3) is 0.292. The van der Waals surface area contributed by atoms with Crippen molar-refractivity contribution in [3.05, 3.63) is 77.4 Å². The molecule has 0 saturated carbocycles. The number of nitrogens with two attached hydrogens (primary N) is 1. The van der Waals surface area contributed by atoms with Gasteiger partial charge in [-0.1, -0.05) is 74.5 Å². The van der Waals surface area contributed by atoms with E-state index in [1.54, 1.807) is 0 Å². The van der Waals surface area contributed by atoms with Crippen molar-refractivity contribution >= 4 is 40.2 Å². The van der Waals surface area contributed by atoms with Gasteiger partial charge in [-0.25, -0.2) is 4.79 Å². The van der Waals surface area contributed by atoms with Gasteiger partial charge in [-0.05, 0) is 35.0 Å². The highest BCUT2D eigenvalue weighted by Crippen LogP contribution is 2.35. The Morgan fingerprint density at radius 2 is 1.62 bits per heavy atom. The van der Waals surface area contributed by atoms with Crippen molar-refractivity contribution in [3.8, 4) is 0 Å². The van der Waals surface area contributed by atoms with E-state index < -0.39 is 5.91 Å². The number of nitrogens with one attached hydrogen (secondary N) is 2. The van der Waals surface area contributed by atoms with Crippen molar-refractivity contribution < 1.29 is 9.59 Å². The van der Waals surface area contributed by atoms with Crippen molar-refractivity contribution in [2.24, 2.45) is 11.7 Å². The third-order valence-corrected chi connectivity index (χ3v) is 6.74. The minimum atomic E-state index is -0.594. The van der Waals surface area contributed by atoms with E-state index >= 15 is 0 Å². The van der Waals surface area contributed by atoms with Crippen LogP contribution in [0.3, 0.4) is 0 Å². The number of primary amides is 1. The molecule has 0 bridgehead atoms. The van der Waals surface area contributed by atoms with Gasteiger partial charge in [0.25, 0.3) is 5.91 Å². The van der Waals surface area contributed by atoms with E-state index in [-0.39, 0.29) is 17.5 Å². The zero-order valence-corrected chi connectivity index (χ0v) is 19.8. The first-order valence-electron chi connectivity index (χ1n) is 10.5. The Kier molecular flexibility index (Phi) is 8.70. The highest BCUT2D eigenvalue weighted by atomic mass is 32.2. The van der Waals surface area contributed by atoms with Crippen molar-refractivity contribution in [1.82, 2.24) is 9.69 Å². The first kappa shape index (κ1) is 23.8. The number of hydrogen-bond donors (Lipinski definition) is 3. The van der Waals surface area contributed by atoms with Crippen molar-refractivity contribution in [1.29, 1.82) is 0 Å². The lowest BCUT2D eigenvalue weighted by Crippen LogP contribution is -2.32. The Morgan fingerprint density at radius 1 is 1.03 bits per heavy atom. The van der Waals surface area contributed by atoms with Crippen molar-refractivity contribution in [2.75, 3.05) is 17.6 Å². The number of rotatable bonds is 10. The molecule has 0 aliphatic rings. The fourth-order valence-corrected chi connectivity index (χ4v) is 5.26. The van der Waals surface area contributed by atoms with Crippen molar-refractivity contribution in [2.45, 2.75) is 31.2 Å². The quantitative estimate of drug-likeness (QED) is 0.350. The summed E-state index contributed by atoms with van der Waals surface area (Å²) in [4.78, 5) is 24.2. The number of urea groups is 1. The maximum Gasteiger partial charge on any atom is 0.319 e. The molecule has 6 nitrogen and oxygen atoms in total. The van der Waals surface area contributed by atoms with Gasteiger partial charge >= 0.3 is 6.03 Å². The van der Waals surface area contributed by atoms with E-state index in [1.807, 2.05) is 50.2 Å². The third-order valence-electron chi connectivity index (χ3n) is 4.85. The molecule has 3 rings (SSSR count). The predicted octanol–water partition coefficient (Wildman–Crippen LogP) is 5.33. The lowest BCUT2D eigenvalue weighted by molar-refractivity contribution is 0.0998. The maximum atomic E-state index is 12.1. The molecule has 0 unspecified atom stereocenters. The second-order valence-corrected chi connectivity index (χ2v) is 9.65. The van der Waals surface area contributed by atoms with Crippen LogP contribution < -0.4 is 16.4 Å². The van der Waals surface area contributed by atoms with Crippen LogP contribution in [0.4, 0.5) is 9.80 Å². The molecule has 32 heavy (non-hydrogen) atoms. The van der Waals surface area contributed by atoms with Gasteiger partial charge in [0.1, 0.15) is 15.6 Å². The van der Waals surface area contributed by atoms with E-state index in [0.29, 0.717) is 22.5 Å². The van der Waals surface area contributed by atoms with Gasteiger partial charge in [0.15, 0.2) is 0 Å². The van der Waals surface area contributed by atoms with Crippen LogP contribution in [0.5, 0.6) is 0 Å². The van der Waals surface area contributed by atoms with Gasteiger partial charge < -0.3 is 11.1 Å². The molecule has 1 aromatic heterocycles. The molecule has 0 spiro atoms. The number of hydrogen-bond acceptors (Lipinski definition) is 5. The Bertz CT molecular complexity index is 983. The molecule has 1 heterocycles. The summed E-state index contributed by atoms with van der Waals surface area (Å²) in [5, 5.41) is 6.42. The molecular weight excluding hydrogens is 440 g/mol. The number of nitrogens with zero attached hydrogens (tertiary/aromatic N) is 1. The largest absolute Gasteiger partial charge is 0.365 e. The minimum absolute atomic E-state index is 0.236. The highest BCUT2D eigenvalue weighted by Gasteiger charge is 2.22. The zero-order chi connectivity index (χ0) is 22.9. The second kappa shape index (κ2) is 11.7. The SMILES string of the molecule is CC(C)CNC(=O)Nc1snc(SCCC(c2ccccc2)c2ccccc2)c1C(N)=O. The molecule has 0 radical (unpaired) electrons. The maximum absolute atomic E-state index is 12.1. The van der Waals surface area contributed by atoms with Crippen LogP contribution >= 0.6 is 23.3 Å². The predicted molar refractivity (Wildman–Crippen MR) is 133 cm³/mol. The standard InChI is InChI=1S/C24H28N4O2S2/c1-16(2)15-26-24(30)27-22-20(21(25)29)23(28-32-22)31-14-13-19(17-9-5-3-6-10-17)18-11-7-4-8-12-18/h3-12,16,19H,13-15H2,1-2H3,(H2,25,29)(H2,26,27,30). The van der Waals surface area contributed by atoms with Crippen LogP contribution in [0.25, 0.3) is 0 Å². The van der Waals surface area contributed by atoms with Crippen LogP contribution in [-0.4, -0.2) is 28.6 Å². The molecule has 0 saturated heterocycles. The van der Waals surface area contributed by atoms with Gasteiger partial charge in [-0.15, -0.1) is 11.8 Å². The fourth-order valence-electron chi connectivity index (χ4n) is 3.29. The topological polar surface area (TPSA) is 97.1 Å². The first-order chi connectivity index (χ1) is 15.5. The summed E-state index contributed by atoms with van der Waals surface area (Å²) in [5.41, 5.74) is 8.38. The Labute approximate surface area is 197 Å². The van der Waals surface area contributed by atoms with Crippen LogP contribution in [0.15, 0.2) is 65.7 Å². The molecule has 2 aromatic carbocycles. The molecule has 4 N–H and O–H groups in total. The number of amides is 3. The molecule has 3 aromatic rings. The first-order valence-corrected chi connectivity index (χ1v) is 12.3. The smallest absolute Gasteiger partial charge is 0.319 e. The Balaban J connectivity index is 1.69. The molecular formula is C24H28N4O2S2. The number of benzene rings is 2. The molecule has 0 aliphatic carbocycles. The van der Waals surface area contributed by atoms with Crippen molar-refractivity contribution in [3.63, 3.8) is 0 Å². The summed E-state index contributed by atoms with van der Waals surface area (Å²) >= 11 is 2.56. The summed E-state index contributed by atoms with van der Waals surface area (Å²) in [6.07, 6.45) is 0.867. The third kappa shape index (κ3) is 6.58. The number of aromatic nitrogens is 1. The van der Waals surface area contributed by atoms with Crippen LogP contribution in [0, 0.1) is 5.92 Å². The number of carbonyl (C=O) groups is 2. The lowest BCUT2D eigenvalue weighted by Gasteiger charge is -2.17. The molecule has 0 aliphatic heterocycles. The van der Waals surface area contributed by atoms with Crippen LogP contribution in [-0.2, 0) is 0 Å². The summed E-state index contributed by atoms with van der Waals surface area (Å²) in [6.45, 7) is 4.56. The van der Waals surface area contributed by atoms with Crippen LogP contribution in [0.2, 0.25) is 0 Å². The minimum Gasteiger partial charge on any atom is -0.365 e.